The van der Waals surface area contributed by atoms with Gasteiger partial charge in [-0.2, -0.15) is 0 Å². The molecule has 2 aromatic rings. The highest BCUT2D eigenvalue weighted by Crippen LogP contribution is 2.32. The lowest BCUT2D eigenvalue weighted by atomic mass is 10.1. The van der Waals surface area contributed by atoms with Gasteiger partial charge >= 0.3 is 0 Å². The van der Waals surface area contributed by atoms with Crippen LogP contribution in [-0.4, -0.2) is 11.7 Å². The van der Waals surface area contributed by atoms with Crippen LogP contribution in [0.1, 0.15) is 17.7 Å². The Balaban J connectivity index is 1.98. The number of thioether (sulfide) groups is 1. The summed E-state index contributed by atoms with van der Waals surface area (Å²) in [5, 5.41) is 2.93. The molecule has 2 nitrogen and oxygen atoms in total. The van der Waals surface area contributed by atoms with E-state index in [-0.39, 0.29) is 17.2 Å². The number of anilines is 1. The SMILES string of the molecule is CC(SCC(=O)Nc1cc(Cl)ccc1Cl)c1c(F)cccc1F. The second-order valence-corrected chi connectivity index (χ2v) is 6.93. The Morgan fingerprint density at radius 1 is 1.22 bits per heavy atom. The van der Waals surface area contributed by atoms with E-state index in [2.05, 4.69) is 5.32 Å². The van der Waals surface area contributed by atoms with Crippen molar-refractivity contribution >= 4 is 46.6 Å². The van der Waals surface area contributed by atoms with Gasteiger partial charge in [0.2, 0.25) is 5.91 Å². The molecule has 0 heterocycles. The monoisotopic (exact) mass is 375 g/mol. The Morgan fingerprint density at radius 3 is 2.52 bits per heavy atom. The van der Waals surface area contributed by atoms with Gasteiger partial charge in [0.05, 0.1) is 16.5 Å². The summed E-state index contributed by atoms with van der Waals surface area (Å²) in [4.78, 5) is 12.0. The lowest BCUT2D eigenvalue weighted by Gasteiger charge is -2.14. The van der Waals surface area contributed by atoms with Crippen molar-refractivity contribution in [1.82, 2.24) is 0 Å². The minimum atomic E-state index is -0.622. The summed E-state index contributed by atoms with van der Waals surface area (Å²) in [6, 6.07) is 8.41. The summed E-state index contributed by atoms with van der Waals surface area (Å²) in [5.41, 5.74) is 0.362. The molecule has 1 atom stereocenters. The summed E-state index contributed by atoms with van der Waals surface area (Å²) in [7, 11) is 0. The number of amides is 1. The highest BCUT2D eigenvalue weighted by Gasteiger charge is 2.18. The predicted octanol–water partition coefficient (Wildman–Crippen LogP) is 5.70. The molecule has 0 saturated heterocycles. The number of hydrogen-bond acceptors (Lipinski definition) is 2. The van der Waals surface area contributed by atoms with Crippen molar-refractivity contribution in [3.05, 3.63) is 63.6 Å². The average Bonchev–Trinajstić information content (AvgIpc) is 2.49. The molecule has 1 amide bonds. The molecule has 0 aromatic heterocycles. The van der Waals surface area contributed by atoms with Crippen LogP contribution in [0.15, 0.2) is 36.4 Å². The van der Waals surface area contributed by atoms with Gasteiger partial charge in [-0.05, 0) is 37.3 Å². The van der Waals surface area contributed by atoms with Crippen molar-refractivity contribution in [2.24, 2.45) is 0 Å². The Bertz CT molecular complexity index is 707. The quantitative estimate of drug-likeness (QED) is 0.725. The number of benzene rings is 2. The largest absolute Gasteiger partial charge is 0.324 e. The van der Waals surface area contributed by atoms with E-state index >= 15 is 0 Å². The van der Waals surface area contributed by atoms with Gasteiger partial charge in [0.15, 0.2) is 0 Å². The van der Waals surface area contributed by atoms with Crippen molar-refractivity contribution in [1.29, 1.82) is 0 Å². The van der Waals surface area contributed by atoms with E-state index < -0.39 is 16.9 Å². The fourth-order valence-corrected chi connectivity index (χ4v) is 3.16. The fourth-order valence-electron chi connectivity index (χ4n) is 1.96. The van der Waals surface area contributed by atoms with Crippen LogP contribution in [0.3, 0.4) is 0 Å². The molecule has 0 saturated carbocycles. The van der Waals surface area contributed by atoms with Gasteiger partial charge in [0.25, 0.3) is 0 Å². The first-order valence-electron chi connectivity index (χ1n) is 6.69. The second kappa shape index (κ2) is 7.99. The van der Waals surface area contributed by atoms with Gasteiger partial charge < -0.3 is 5.32 Å². The van der Waals surface area contributed by atoms with Gasteiger partial charge in [-0.15, -0.1) is 11.8 Å². The average molecular weight is 376 g/mol. The first kappa shape index (κ1) is 18.0. The Kier molecular flexibility index (Phi) is 6.27. The third kappa shape index (κ3) is 4.83. The standard InChI is InChI=1S/C16H13Cl2F2NOS/c1-9(16-12(19)3-2-4-13(16)20)23-8-15(22)21-14-7-10(17)5-6-11(14)18/h2-7,9H,8H2,1H3,(H,21,22). The van der Waals surface area contributed by atoms with Crippen LogP contribution in [0.5, 0.6) is 0 Å². The Morgan fingerprint density at radius 2 is 1.87 bits per heavy atom. The zero-order valence-corrected chi connectivity index (χ0v) is 14.4. The van der Waals surface area contributed by atoms with Gasteiger partial charge in [0.1, 0.15) is 11.6 Å². The van der Waals surface area contributed by atoms with E-state index in [9.17, 15) is 13.6 Å². The fraction of sp³-hybridized carbons (Fsp3) is 0.188. The number of carbonyl (C=O) groups excluding carboxylic acids is 1. The molecule has 2 rings (SSSR count). The summed E-state index contributed by atoms with van der Waals surface area (Å²) < 4.78 is 27.4. The zero-order chi connectivity index (χ0) is 17.0. The van der Waals surface area contributed by atoms with E-state index in [0.29, 0.717) is 15.7 Å². The minimum absolute atomic E-state index is 0.0256. The normalized spacial score (nSPS) is 12.0. The molecule has 1 N–H and O–H groups in total. The number of rotatable bonds is 5. The van der Waals surface area contributed by atoms with Gasteiger partial charge in [0, 0.05) is 15.8 Å². The molecule has 0 spiro atoms. The van der Waals surface area contributed by atoms with Crippen LogP contribution < -0.4 is 5.32 Å². The Hall–Kier alpha value is -1.30. The number of carbonyl (C=O) groups is 1. The van der Waals surface area contributed by atoms with Crippen LogP contribution in [0, 0.1) is 11.6 Å². The second-order valence-electron chi connectivity index (χ2n) is 4.76. The molecular formula is C16H13Cl2F2NOS. The lowest BCUT2D eigenvalue weighted by Crippen LogP contribution is -2.15. The molecule has 0 aliphatic heterocycles. The van der Waals surface area contributed by atoms with E-state index in [4.69, 9.17) is 23.2 Å². The molecule has 0 bridgehead atoms. The minimum Gasteiger partial charge on any atom is -0.324 e. The van der Waals surface area contributed by atoms with Gasteiger partial charge in [-0.1, -0.05) is 29.3 Å². The first-order valence-corrected chi connectivity index (χ1v) is 8.49. The molecule has 1 unspecified atom stereocenters. The summed E-state index contributed by atoms with van der Waals surface area (Å²) >= 11 is 12.9. The van der Waals surface area contributed by atoms with Crippen molar-refractivity contribution in [2.75, 3.05) is 11.1 Å². The number of hydrogen-bond donors (Lipinski definition) is 1. The van der Waals surface area contributed by atoms with Crippen LogP contribution >= 0.6 is 35.0 Å². The molecule has 0 aliphatic rings. The summed E-state index contributed by atoms with van der Waals surface area (Å²) in [6.07, 6.45) is 0. The molecule has 7 heteroatoms. The molecular weight excluding hydrogens is 363 g/mol. The van der Waals surface area contributed by atoms with Crippen molar-refractivity contribution in [3.8, 4) is 0 Å². The van der Waals surface area contributed by atoms with Crippen LogP contribution in [-0.2, 0) is 4.79 Å². The zero-order valence-electron chi connectivity index (χ0n) is 12.1. The third-order valence-corrected chi connectivity index (χ3v) is 4.80. The highest BCUT2D eigenvalue weighted by atomic mass is 35.5. The molecule has 122 valence electrons. The Labute approximate surface area is 147 Å². The van der Waals surface area contributed by atoms with Crippen molar-refractivity contribution in [2.45, 2.75) is 12.2 Å². The molecule has 0 radical (unpaired) electrons. The predicted molar refractivity (Wildman–Crippen MR) is 92.3 cm³/mol. The van der Waals surface area contributed by atoms with E-state index in [1.807, 2.05) is 0 Å². The van der Waals surface area contributed by atoms with Crippen molar-refractivity contribution in [3.63, 3.8) is 0 Å². The topological polar surface area (TPSA) is 29.1 Å². The first-order chi connectivity index (χ1) is 10.9. The van der Waals surface area contributed by atoms with E-state index in [1.54, 1.807) is 19.1 Å². The highest BCUT2D eigenvalue weighted by molar-refractivity contribution is 8.00. The van der Waals surface area contributed by atoms with Crippen molar-refractivity contribution < 1.29 is 13.6 Å². The van der Waals surface area contributed by atoms with Gasteiger partial charge in [-0.25, -0.2) is 8.78 Å². The van der Waals surface area contributed by atoms with Crippen LogP contribution in [0.2, 0.25) is 10.0 Å². The maximum atomic E-state index is 13.7. The molecule has 2 aromatic carbocycles. The van der Waals surface area contributed by atoms with E-state index in [1.165, 1.54) is 24.3 Å². The molecule has 0 fully saturated rings. The molecule has 23 heavy (non-hydrogen) atoms. The maximum Gasteiger partial charge on any atom is 0.234 e. The van der Waals surface area contributed by atoms with Crippen LogP contribution in [0.4, 0.5) is 14.5 Å². The van der Waals surface area contributed by atoms with Gasteiger partial charge in [-0.3, -0.25) is 4.79 Å². The summed E-state index contributed by atoms with van der Waals surface area (Å²) in [5.74, 6) is -1.55. The van der Waals surface area contributed by atoms with E-state index in [0.717, 1.165) is 11.8 Å². The lowest BCUT2D eigenvalue weighted by molar-refractivity contribution is -0.113. The number of halogens is 4. The smallest absolute Gasteiger partial charge is 0.234 e. The summed E-state index contributed by atoms with van der Waals surface area (Å²) in [6.45, 7) is 1.64. The third-order valence-electron chi connectivity index (χ3n) is 3.07. The molecule has 0 aliphatic carbocycles. The number of nitrogens with one attached hydrogen (secondary N) is 1. The van der Waals surface area contributed by atoms with Crippen LogP contribution in [0.25, 0.3) is 0 Å². The maximum absolute atomic E-state index is 13.7.